The van der Waals surface area contributed by atoms with Crippen LogP contribution in [0, 0.1) is 11.8 Å². The molecule has 0 aliphatic carbocycles. The number of piperazine rings is 1. The molecule has 1 fully saturated rings. The van der Waals surface area contributed by atoms with Gasteiger partial charge in [-0.1, -0.05) is 60.3 Å². The van der Waals surface area contributed by atoms with Crippen LogP contribution in [-0.2, 0) is 0 Å². The zero-order valence-electron chi connectivity index (χ0n) is 14.6. The Hall–Kier alpha value is -0.0800. The molecule has 0 aromatic carbocycles. The van der Waals surface area contributed by atoms with Crippen LogP contribution < -0.4 is 5.32 Å². The van der Waals surface area contributed by atoms with Gasteiger partial charge in [0.25, 0.3) is 0 Å². The largest absolute Gasteiger partial charge is 0.311 e. The average Bonchev–Trinajstić information content (AvgIpc) is 2.43. The number of nitrogens with one attached hydrogen (secondary N) is 1. The number of rotatable bonds is 9. The molecule has 0 aromatic heterocycles. The van der Waals surface area contributed by atoms with Crippen LogP contribution in [-0.4, -0.2) is 36.6 Å². The van der Waals surface area contributed by atoms with Gasteiger partial charge in [0.1, 0.15) is 0 Å². The molecule has 3 atom stereocenters. The molecule has 1 heterocycles. The normalized spacial score (nSPS) is 26.1. The molecular formula is C18H38N2. The van der Waals surface area contributed by atoms with Crippen molar-refractivity contribution in [3.63, 3.8) is 0 Å². The number of hydrogen-bond donors (Lipinski definition) is 1. The number of hydrogen-bond acceptors (Lipinski definition) is 2. The van der Waals surface area contributed by atoms with E-state index in [-0.39, 0.29) is 0 Å². The van der Waals surface area contributed by atoms with Gasteiger partial charge in [0.15, 0.2) is 0 Å². The van der Waals surface area contributed by atoms with Crippen molar-refractivity contribution in [3.05, 3.63) is 0 Å². The first-order valence-electron chi connectivity index (χ1n) is 9.09. The minimum atomic E-state index is 0.721. The van der Waals surface area contributed by atoms with Crippen LogP contribution in [0.25, 0.3) is 0 Å². The summed E-state index contributed by atoms with van der Waals surface area (Å²) in [6.45, 7) is 15.5. The minimum Gasteiger partial charge on any atom is -0.311 e. The van der Waals surface area contributed by atoms with Crippen molar-refractivity contribution in [2.24, 2.45) is 11.8 Å². The average molecular weight is 283 g/mol. The highest BCUT2D eigenvalue weighted by Gasteiger charge is 2.30. The van der Waals surface area contributed by atoms with Gasteiger partial charge in [0.2, 0.25) is 0 Å². The van der Waals surface area contributed by atoms with Crippen LogP contribution in [0.2, 0.25) is 0 Å². The predicted octanol–water partition coefficient (Wildman–Crippen LogP) is 4.30. The van der Waals surface area contributed by atoms with Crippen LogP contribution in [0.4, 0.5) is 0 Å². The van der Waals surface area contributed by atoms with Gasteiger partial charge in [0, 0.05) is 31.7 Å². The molecule has 0 spiro atoms. The Labute approximate surface area is 127 Å². The van der Waals surface area contributed by atoms with Crippen molar-refractivity contribution in [3.8, 4) is 0 Å². The molecule has 1 saturated heterocycles. The third-order valence-electron chi connectivity index (χ3n) is 4.98. The fraction of sp³-hybridized carbons (Fsp3) is 1.00. The molecule has 1 rings (SSSR count). The van der Waals surface area contributed by atoms with Gasteiger partial charge < -0.3 is 5.32 Å². The fourth-order valence-electron chi connectivity index (χ4n) is 3.56. The van der Waals surface area contributed by atoms with Gasteiger partial charge >= 0.3 is 0 Å². The van der Waals surface area contributed by atoms with Gasteiger partial charge in [-0.15, -0.1) is 0 Å². The van der Waals surface area contributed by atoms with E-state index in [9.17, 15) is 0 Å². The summed E-state index contributed by atoms with van der Waals surface area (Å²) in [6.07, 6.45) is 8.12. The maximum absolute atomic E-state index is 3.77. The molecule has 2 heteroatoms. The minimum absolute atomic E-state index is 0.721. The zero-order chi connectivity index (χ0) is 15.0. The van der Waals surface area contributed by atoms with E-state index in [0.29, 0.717) is 0 Å². The van der Waals surface area contributed by atoms with E-state index in [1.54, 1.807) is 0 Å². The lowest BCUT2D eigenvalue weighted by atomic mass is 9.93. The van der Waals surface area contributed by atoms with Crippen molar-refractivity contribution in [2.75, 3.05) is 19.6 Å². The summed E-state index contributed by atoms with van der Waals surface area (Å²) in [5, 5.41) is 3.77. The van der Waals surface area contributed by atoms with Gasteiger partial charge in [-0.25, -0.2) is 0 Å². The molecular weight excluding hydrogens is 244 g/mol. The maximum atomic E-state index is 3.77. The maximum Gasteiger partial charge on any atom is 0.0244 e. The predicted molar refractivity (Wildman–Crippen MR) is 90.2 cm³/mol. The van der Waals surface area contributed by atoms with E-state index in [1.165, 1.54) is 58.2 Å². The van der Waals surface area contributed by atoms with Crippen molar-refractivity contribution in [1.82, 2.24) is 10.2 Å². The first-order chi connectivity index (χ1) is 9.62. The Kier molecular flexibility index (Phi) is 8.79. The van der Waals surface area contributed by atoms with Crippen molar-refractivity contribution in [2.45, 2.75) is 85.2 Å². The van der Waals surface area contributed by atoms with E-state index in [1.807, 2.05) is 0 Å². The summed E-state index contributed by atoms with van der Waals surface area (Å²) in [7, 11) is 0. The van der Waals surface area contributed by atoms with Crippen LogP contribution in [0.5, 0.6) is 0 Å². The zero-order valence-corrected chi connectivity index (χ0v) is 14.6. The third-order valence-corrected chi connectivity index (χ3v) is 4.98. The van der Waals surface area contributed by atoms with Crippen molar-refractivity contribution >= 4 is 0 Å². The first kappa shape index (κ1) is 18.0. The Bertz CT molecular complexity index is 240. The smallest absolute Gasteiger partial charge is 0.0244 e. The lowest BCUT2D eigenvalue weighted by Crippen LogP contribution is -2.59. The highest BCUT2D eigenvalue weighted by molar-refractivity contribution is 4.88. The third kappa shape index (κ3) is 5.73. The topological polar surface area (TPSA) is 15.3 Å². The van der Waals surface area contributed by atoms with E-state index in [0.717, 1.165) is 23.9 Å². The molecule has 1 N–H and O–H groups in total. The molecule has 0 aromatic rings. The molecule has 0 saturated carbocycles. The number of unbranched alkanes of at least 4 members (excludes halogenated alkanes) is 1. The highest BCUT2D eigenvalue weighted by atomic mass is 15.2. The molecule has 120 valence electrons. The van der Waals surface area contributed by atoms with Crippen LogP contribution in [0.3, 0.4) is 0 Å². The summed E-state index contributed by atoms with van der Waals surface area (Å²) in [5.41, 5.74) is 0. The van der Waals surface area contributed by atoms with Crippen LogP contribution >= 0.6 is 0 Å². The monoisotopic (exact) mass is 282 g/mol. The second-order valence-electron chi connectivity index (χ2n) is 7.08. The molecule has 0 amide bonds. The molecule has 1 aliphatic heterocycles. The van der Waals surface area contributed by atoms with Crippen LogP contribution in [0.15, 0.2) is 0 Å². The second-order valence-corrected chi connectivity index (χ2v) is 7.08. The van der Waals surface area contributed by atoms with Crippen LogP contribution in [0.1, 0.15) is 73.1 Å². The van der Waals surface area contributed by atoms with Crippen molar-refractivity contribution in [1.29, 1.82) is 0 Å². The first-order valence-corrected chi connectivity index (χ1v) is 9.09. The van der Waals surface area contributed by atoms with Gasteiger partial charge in [0.05, 0.1) is 0 Å². The Morgan fingerprint density at radius 3 is 2.45 bits per heavy atom. The summed E-state index contributed by atoms with van der Waals surface area (Å²) < 4.78 is 0. The Balaban J connectivity index is 2.58. The summed E-state index contributed by atoms with van der Waals surface area (Å²) in [4.78, 5) is 2.81. The summed E-state index contributed by atoms with van der Waals surface area (Å²) >= 11 is 0. The fourth-order valence-corrected chi connectivity index (χ4v) is 3.56. The Morgan fingerprint density at radius 2 is 1.90 bits per heavy atom. The molecule has 2 nitrogen and oxygen atoms in total. The van der Waals surface area contributed by atoms with Crippen molar-refractivity contribution < 1.29 is 0 Å². The SMILES string of the molecule is CCCCC(CC)CN1CC(CCC)NCC1C(C)C. The highest BCUT2D eigenvalue weighted by Crippen LogP contribution is 2.22. The van der Waals surface area contributed by atoms with E-state index >= 15 is 0 Å². The Morgan fingerprint density at radius 1 is 1.15 bits per heavy atom. The van der Waals surface area contributed by atoms with Gasteiger partial charge in [-0.2, -0.15) is 0 Å². The molecule has 0 radical (unpaired) electrons. The lowest BCUT2D eigenvalue weighted by molar-refractivity contribution is 0.0762. The molecule has 3 unspecified atom stereocenters. The second kappa shape index (κ2) is 9.78. The lowest BCUT2D eigenvalue weighted by Gasteiger charge is -2.44. The van der Waals surface area contributed by atoms with Gasteiger partial charge in [-0.3, -0.25) is 4.90 Å². The van der Waals surface area contributed by atoms with E-state index in [2.05, 4.69) is 44.8 Å². The standard InChI is InChI=1S/C18H38N2/c1-6-9-11-16(8-3)13-20-14-17(10-7-2)19-12-18(20)15(4)5/h15-19H,6-14H2,1-5H3. The summed E-state index contributed by atoms with van der Waals surface area (Å²) in [5.74, 6) is 1.66. The number of nitrogens with zero attached hydrogens (tertiary/aromatic N) is 1. The van der Waals surface area contributed by atoms with E-state index in [4.69, 9.17) is 0 Å². The van der Waals surface area contributed by atoms with Gasteiger partial charge in [-0.05, 0) is 24.7 Å². The summed E-state index contributed by atoms with van der Waals surface area (Å²) in [6, 6.07) is 1.46. The molecule has 0 bridgehead atoms. The molecule has 1 aliphatic rings. The quantitative estimate of drug-likeness (QED) is 0.678. The van der Waals surface area contributed by atoms with E-state index < -0.39 is 0 Å². The molecule has 20 heavy (non-hydrogen) atoms.